The van der Waals surface area contributed by atoms with Gasteiger partial charge in [0.15, 0.2) is 12.1 Å². The monoisotopic (exact) mass is 458 g/mol. The summed E-state index contributed by atoms with van der Waals surface area (Å²) in [6.07, 6.45) is -0.113. The van der Waals surface area contributed by atoms with Crippen LogP contribution < -0.4 is 15.6 Å². The van der Waals surface area contributed by atoms with Gasteiger partial charge in [-0.1, -0.05) is 0 Å². The van der Waals surface area contributed by atoms with E-state index in [4.69, 9.17) is 14.2 Å². The van der Waals surface area contributed by atoms with E-state index < -0.39 is 45.1 Å². The zero-order chi connectivity index (χ0) is 24.1. The van der Waals surface area contributed by atoms with Crippen LogP contribution in [0, 0.1) is 20.2 Å². The van der Waals surface area contributed by atoms with Crippen LogP contribution in [-0.4, -0.2) is 48.0 Å². The van der Waals surface area contributed by atoms with Gasteiger partial charge >= 0.3 is 11.7 Å². The Labute approximate surface area is 186 Å². The smallest absolute Gasteiger partial charge is 0.329 e. The van der Waals surface area contributed by atoms with Crippen LogP contribution in [0.1, 0.15) is 5.56 Å². The number of hydrogen-bond acceptors (Lipinski definition) is 11. The van der Waals surface area contributed by atoms with Crippen LogP contribution in [0.2, 0.25) is 0 Å². The highest BCUT2D eigenvalue weighted by molar-refractivity contribution is 6.05. The van der Waals surface area contributed by atoms with Crippen molar-refractivity contribution in [3.05, 3.63) is 74.3 Å². The summed E-state index contributed by atoms with van der Waals surface area (Å²) < 4.78 is 15.5. The van der Waals surface area contributed by atoms with Crippen molar-refractivity contribution in [1.82, 2.24) is 5.43 Å². The van der Waals surface area contributed by atoms with Gasteiger partial charge in [0, 0.05) is 17.7 Å². The fourth-order valence-corrected chi connectivity index (χ4v) is 3.01. The molecule has 1 aliphatic rings. The quantitative estimate of drug-likeness (QED) is 0.319. The summed E-state index contributed by atoms with van der Waals surface area (Å²) in [6, 6.07) is 8.17. The molecule has 0 bridgehead atoms. The number of rotatable bonds is 9. The van der Waals surface area contributed by atoms with Crippen molar-refractivity contribution in [3.63, 3.8) is 0 Å². The van der Waals surface area contributed by atoms with Crippen LogP contribution in [0.25, 0.3) is 5.76 Å². The number of nitro groups is 2. The lowest BCUT2D eigenvalue weighted by molar-refractivity contribution is -0.393. The highest BCUT2D eigenvalue weighted by Crippen LogP contribution is 2.30. The van der Waals surface area contributed by atoms with Gasteiger partial charge in [0.05, 0.1) is 30.1 Å². The number of nitrogens with zero attached hydrogens (tertiary/aromatic N) is 2. The van der Waals surface area contributed by atoms with Gasteiger partial charge < -0.3 is 19.6 Å². The van der Waals surface area contributed by atoms with Gasteiger partial charge in [-0.15, -0.1) is 0 Å². The van der Waals surface area contributed by atoms with Crippen LogP contribution in [0.15, 0.2) is 48.5 Å². The fraction of sp³-hybridized carbons (Fsp3) is 0.200. The summed E-state index contributed by atoms with van der Waals surface area (Å²) in [4.78, 5) is 45.5. The molecular weight excluding hydrogens is 440 g/mol. The molecule has 2 atom stereocenters. The number of anilines is 1. The molecule has 0 amide bonds. The van der Waals surface area contributed by atoms with E-state index in [9.17, 15) is 29.8 Å². The van der Waals surface area contributed by atoms with Crippen molar-refractivity contribution in [3.8, 4) is 5.75 Å². The minimum atomic E-state index is -1.40. The third kappa shape index (κ3) is 5.04. The van der Waals surface area contributed by atoms with Crippen LogP contribution in [0.5, 0.6) is 5.75 Å². The van der Waals surface area contributed by atoms with Crippen LogP contribution in [-0.2, 0) is 19.1 Å². The number of nitrogens with one attached hydrogen (secondary N) is 2. The second-order valence-electron chi connectivity index (χ2n) is 6.66. The molecule has 1 aliphatic heterocycles. The van der Waals surface area contributed by atoms with Gasteiger partial charge in [0.1, 0.15) is 17.2 Å². The van der Waals surface area contributed by atoms with E-state index in [-0.39, 0.29) is 11.4 Å². The predicted octanol–water partition coefficient (Wildman–Crippen LogP) is 1.98. The molecule has 1 heterocycles. The lowest BCUT2D eigenvalue weighted by Gasteiger charge is -2.23. The number of esters is 1. The number of carbonyl (C=O) groups is 2. The van der Waals surface area contributed by atoms with Gasteiger partial charge in [-0.25, -0.2) is 5.43 Å². The molecule has 0 saturated heterocycles. The van der Waals surface area contributed by atoms with E-state index in [2.05, 4.69) is 10.9 Å². The predicted molar refractivity (Wildman–Crippen MR) is 113 cm³/mol. The van der Waals surface area contributed by atoms with Gasteiger partial charge in [-0.2, -0.15) is 0 Å². The molecule has 33 heavy (non-hydrogen) atoms. The number of nitro benzene ring substituents is 2. The topological polar surface area (TPSA) is 172 Å². The van der Waals surface area contributed by atoms with E-state index in [1.807, 2.05) is 0 Å². The molecule has 0 aliphatic carbocycles. The minimum Gasteiger partial charge on any atom is -0.497 e. The van der Waals surface area contributed by atoms with Gasteiger partial charge in [-0.3, -0.25) is 29.8 Å². The largest absolute Gasteiger partial charge is 0.497 e. The van der Waals surface area contributed by atoms with Crippen molar-refractivity contribution in [2.45, 2.75) is 12.1 Å². The Kier molecular flexibility index (Phi) is 6.83. The second kappa shape index (κ2) is 9.74. The molecule has 0 spiro atoms. The van der Waals surface area contributed by atoms with Gasteiger partial charge in [0.25, 0.3) is 5.69 Å². The molecule has 0 fully saturated rings. The summed E-state index contributed by atoms with van der Waals surface area (Å²) in [7, 11) is 2.61. The third-order valence-corrected chi connectivity index (χ3v) is 4.69. The molecule has 13 heteroatoms. The third-order valence-electron chi connectivity index (χ3n) is 4.69. The lowest BCUT2D eigenvalue weighted by Crippen LogP contribution is -2.51. The molecule has 2 N–H and O–H groups in total. The van der Waals surface area contributed by atoms with Crippen molar-refractivity contribution in [1.29, 1.82) is 0 Å². The van der Waals surface area contributed by atoms with Crippen LogP contribution >= 0.6 is 0 Å². The molecular formula is C20H18N4O9. The number of benzene rings is 2. The Morgan fingerprint density at radius 1 is 1.09 bits per heavy atom. The number of hydrogen-bond donors (Lipinski definition) is 2. The number of ketones is 1. The SMILES string of the molecule is COC(=O)C(NNc1ccc([N+](=O)[O-])cc1[N+](=O)[O-])C1OC(c2ccc(OC)cc2)=CC1=O. The summed E-state index contributed by atoms with van der Waals surface area (Å²) >= 11 is 0. The highest BCUT2D eigenvalue weighted by atomic mass is 16.6. The fourth-order valence-electron chi connectivity index (χ4n) is 3.01. The summed E-state index contributed by atoms with van der Waals surface area (Å²) in [6.45, 7) is 0. The normalized spacial score (nSPS) is 15.8. The van der Waals surface area contributed by atoms with E-state index in [0.717, 1.165) is 25.3 Å². The Balaban J connectivity index is 1.80. The maximum absolute atomic E-state index is 12.6. The van der Waals surface area contributed by atoms with E-state index in [1.54, 1.807) is 24.3 Å². The maximum Gasteiger partial charge on any atom is 0.329 e. The second-order valence-corrected chi connectivity index (χ2v) is 6.66. The zero-order valence-corrected chi connectivity index (χ0v) is 17.3. The summed E-state index contributed by atoms with van der Waals surface area (Å²) in [5, 5.41) is 22.2. The van der Waals surface area contributed by atoms with Crippen molar-refractivity contribution in [2.75, 3.05) is 19.6 Å². The summed E-state index contributed by atoms with van der Waals surface area (Å²) in [5.74, 6) is -0.605. The Morgan fingerprint density at radius 2 is 1.79 bits per heavy atom. The van der Waals surface area contributed by atoms with Crippen molar-refractivity contribution < 1.29 is 33.6 Å². The lowest BCUT2D eigenvalue weighted by atomic mass is 10.1. The van der Waals surface area contributed by atoms with Crippen LogP contribution in [0.3, 0.4) is 0 Å². The molecule has 2 unspecified atom stereocenters. The Bertz CT molecular complexity index is 1130. The first-order chi connectivity index (χ1) is 15.7. The number of non-ortho nitro benzene ring substituents is 1. The molecule has 13 nitrogen and oxygen atoms in total. The molecule has 172 valence electrons. The van der Waals surface area contributed by atoms with Gasteiger partial charge in [0.2, 0.25) is 5.78 Å². The average Bonchev–Trinajstić information content (AvgIpc) is 3.20. The van der Waals surface area contributed by atoms with Crippen LogP contribution in [0.4, 0.5) is 17.1 Å². The standard InChI is InChI=1S/C20H18N4O9/c1-31-13-6-3-11(4-7-13)17-10-16(25)19(33-17)18(20(26)32-2)22-21-14-8-5-12(23(27)28)9-15(14)24(29)30/h3-10,18-19,21-22H,1-2H3. The first kappa shape index (κ1) is 23.1. The maximum atomic E-state index is 12.6. The first-order valence-electron chi connectivity index (χ1n) is 9.34. The number of hydrazine groups is 1. The number of ether oxygens (including phenoxy) is 3. The van der Waals surface area contributed by atoms with E-state index in [0.29, 0.717) is 11.3 Å². The molecule has 3 rings (SSSR count). The Hall–Kier alpha value is -4.52. The average molecular weight is 458 g/mol. The molecule has 0 saturated carbocycles. The van der Waals surface area contributed by atoms with Crippen molar-refractivity contribution >= 4 is 34.6 Å². The number of methoxy groups -OCH3 is 2. The molecule has 0 aromatic heterocycles. The first-order valence-corrected chi connectivity index (χ1v) is 9.34. The molecule has 0 radical (unpaired) electrons. The van der Waals surface area contributed by atoms with Crippen molar-refractivity contribution in [2.24, 2.45) is 0 Å². The highest BCUT2D eigenvalue weighted by Gasteiger charge is 2.40. The zero-order valence-electron chi connectivity index (χ0n) is 17.3. The van der Waals surface area contributed by atoms with E-state index in [1.165, 1.54) is 13.2 Å². The Morgan fingerprint density at radius 3 is 2.36 bits per heavy atom. The molecule has 2 aromatic carbocycles. The summed E-state index contributed by atoms with van der Waals surface area (Å²) in [5.41, 5.74) is 4.24. The van der Waals surface area contributed by atoms with Gasteiger partial charge in [-0.05, 0) is 30.3 Å². The molecule has 2 aromatic rings. The minimum absolute atomic E-state index is 0.173. The number of carbonyl (C=O) groups excluding carboxylic acids is 2. The van der Waals surface area contributed by atoms with E-state index >= 15 is 0 Å².